The third-order valence-electron chi connectivity index (χ3n) is 3.82. The highest BCUT2D eigenvalue weighted by Gasteiger charge is 2.35. The molecule has 20 heavy (non-hydrogen) atoms. The first kappa shape index (κ1) is 15.4. The lowest BCUT2D eigenvalue weighted by atomic mass is 10.1. The Kier molecular flexibility index (Phi) is 4.78. The van der Waals surface area contributed by atoms with Crippen LogP contribution < -0.4 is 5.32 Å². The molecule has 2 unspecified atom stereocenters. The maximum absolute atomic E-state index is 13.3. The predicted molar refractivity (Wildman–Crippen MR) is 76.5 cm³/mol. The Bertz CT molecular complexity index is 562. The number of benzene rings is 1. The van der Waals surface area contributed by atoms with Gasteiger partial charge in [-0.3, -0.25) is 0 Å². The second-order valence-corrected chi connectivity index (χ2v) is 7.00. The zero-order valence-corrected chi connectivity index (χ0v) is 12.7. The molecule has 1 aromatic rings. The molecule has 0 saturated carbocycles. The van der Waals surface area contributed by atoms with Gasteiger partial charge in [0.25, 0.3) is 0 Å². The summed E-state index contributed by atoms with van der Waals surface area (Å²) < 4.78 is 40.2. The van der Waals surface area contributed by atoms with Crippen LogP contribution in [0.2, 0.25) is 0 Å². The van der Waals surface area contributed by atoms with E-state index in [1.54, 1.807) is 0 Å². The van der Waals surface area contributed by atoms with Gasteiger partial charge in [0.1, 0.15) is 5.82 Å². The molecule has 6 heteroatoms. The Labute approximate surface area is 120 Å². The van der Waals surface area contributed by atoms with Gasteiger partial charge in [-0.2, -0.15) is 4.31 Å². The number of hydrogen-bond donors (Lipinski definition) is 1. The number of nitrogens with zero attached hydrogens (tertiary/aromatic N) is 1. The number of rotatable bonds is 4. The molecule has 0 spiro atoms. The Morgan fingerprint density at radius 1 is 1.35 bits per heavy atom. The lowest BCUT2D eigenvalue weighted by molar-refractivity contribution is 0.215. The van der Waals surface area contributed by atoms with Gasteiger partial charge in [0.05, 0.1) is 4.90 Å². The van der Waals surface area contributed by atoms with E-state index in [2.05, 4.69) is 5.32 Å². The quantitative estimate of drug-likeness (QED) is 0.925. The molecule has 1 aliphatic heterocycles. The zero-order valence-electron chi connectivity index (χ0n) is 11.8. The van der Waals surface area contributed by atoms with Crippen molar-refractivity contribution in [2.45, 2.75) is 43.7 Å². The van der Waals surface area contributed by atoms with Gasteiger partial charge in [0.2, 0.25) is 10.0 Å². The fraction of sp³-hybridized carbons (Fsp3) is 0.571. The molecular weight excluding hydrogens is 279 g/mol. The average Bonchev–Trinajstić information content (AvgIpc) is 2.46. The summed E-state index contributed by atoms with van der Waals surface area (Å²) in [6, 6.07) is 5.30. The molecule has 1 heterocycles. The molecule has 0 radical (unpaired) electrons. The van der Waals surface area contributed by atoms with Crippen molar-refractivity contribution in [1.82, 2.24) is 9.62 Å². The van der Waals surface area contributed by atoms with Crippen LogP contribution in [0.15, 0.2) is 29.2 Å². The fourth-order valence-electron chi connectivity index (χ4n) is 2.51. The summed E-state index contributed by atoms with van der Waals surface area (Å²) in [7, 11) is -3.64. The van der Waals surface area contributed by atoms with Gasteiger partial charge in [-0.1, -0.05) is 19.9 Å². The summed E-state index contributed by atoms with van der Waals surface area (Å²) >= 11 is 0. The summed E-state index contributed by atoms with van der Waals surface area (Å²) in [4.78, 5) is 0.0349. The molecule has 2 atom stereocenters. The summed E-state index contributed by atoms with van der Waals surface area (Å²) in [6.07, 6.45) is 1.60. The SMILES string of the molecule is CCC1CN(S(=O)(=O)c2cccc(F)c2)C(CC)CN1. The first-order valence-electron chi connectivity index (χ1n) is 6.99. The number of sulfonamides is 1. The molecular formula is C14H21FN2O2S. The largest absolute Gasteiger partial charge is 0.311 e. The third kappa shape index (κ3) is 3.02. The first-order valence-corrected chi connectivity index (χ1v) is 8.43. The lowest BCUT2D eigenvalue weighted by Gasteiger charge is -2.38. The molecule has 1 aromatic carbocycles. The smallest absolute Gasteiger partial charge is 0.243 e. The highest BCUT2D eigenvalue weighted by molar-refractivity contribution is 7.89. The predicted octanol–water partition coefficient (Wildman–Crippen LogP) is 1.98. The van der Waals surface area contributed by atoms with E-state index >= 15 is 0 Å². The molecule has 0 bridgehead atoms. The minimum Gasteiger partial charge on any atom is -0.311 e. The Balaban J connectivity index is 2.34. The van der Waals surface area contributed by atoms with Gasteiger partial charge in [-0.05, 0) is 31.0 Å². The van der Waals surface area contributed by atoms with Gasteiger partial charge in [-0.15, -0.1) is 0 Å². The second-order valence-electron chi connectivity index (χ2n) is 5.11. The normalized spacial score (nSPS) is 24.8. The van der Waals surface area contributed by atoms with Gasteiger partial charge in [0.15, 0.2) is 0 Å². The standard InChI is InChI=1S/C14H21FN2O2S/c1-3-12-10-17(13(4-2)9-16-12)20(18,19)14-7-5-6-11(15)8-14/h5-8,12-13,16H,3-4,9-10H2,1-2H3. The third-order valence-corrected chi connectivity index (χ3v) is 5.73. The van der Waals surface area contributed by atoms with Crippen LogP contribution in [0.25, 0.3) is 0 Å². The molecule has 4 nitrogen and oxygen atoms in total. The maximum atomic E-state index is 13.3. The van der Waals surface area contributed by atoms with E-state index in [4.69, 9.17) is 0 Å². The topological polar surface area (TPSA) is 49.4 Å². The Hall–Kier alpha value is -0.980. The summed E-state index contributed by atoms with van der Waals surface area (Å²) in [5.41, 5.74) is 0. The van der Waals surface area contributed by atoms with E-state index in [0.717, 1.165) is 18.9 Å². The zero-order chi connectivity index (χ0) is 14.8. The number of piperazine rings is 1. The fourth-order valence-corrected chi connectivity index (χ4v) is 4.29. The van der Waals surface area contributed by atoms with E-state index in [9.17, 15) is 12.8 Å². The molecule has 0 aromatic heterocycles. The van der Waals surface area contributed by atoms with E-state index in [0.29, 0.717) is 13.1 Å². The van der Waals surface area contributed by atoms with Crippen LogP contribution in [0.1, 0.15) is 26.7 Å². The van der Waals surface area contributed by atoms with E-state index in [1.807, 2.05) is 13.8 Å². The van der Waals surface area contributed by atoms with Crippen molar-refractivity contribution in [3.63, 3.8) is 0 Å². The molecule has 1 aliphatic rings. The van der Waals surface area contributed by atoms with Gasteiger partial charge in [0, 0.05) is 25.2 Å². The van der Waals surface area contributed by atoms with Crippen molar-refractivity contribution in [3.05, 3.63) is 30.1 Å². The van der Waals surface area contributed by atoms with Crippen LogP contribution in [-0.2, 0) is 10.0 Å². The van der Waals surface area contributed by atoms with Crippen molar-refractivity contribution >= 4 is 10.0 Å². The molecule has 0 aliphatic carbocycles. The Morgan fingerprint density at radius 2 is 2.10 bits per heavy atom. The first-order chi connectivity index (χ1) is 9.48. The van der Waals surface area contributed by atoms with E-state index in [-0.39, 0.29) is 17.0 Å². The van der Waals surface area contributed by atoms with Gasteiger partial charge in [-0.25, -0.2) is 12.8 Å². The van der Waals surface area contributed by atoms with Crippen molar-refractivity contribution in [2.75, 3.05) is 13.1 Å². The van der Waals surface area contributed by atoms with Crippen LogP contribution in [0, 0.1) is 5.82 Å². The van der Waals surface area contributed by atoms with Gasteiger partial charge >= 0.3 is 0 Å². The lowest BCUT2D eigenvalue weighted by Crippen LogP contribution is -2.57. The summed E-state index contributed by atoms with van der Waals surface area (Å²) in [6.45, 7) is 5.07. The molecule has 0 amide bonds. The van der Waals surface area contributed by atoms with Crippen LogP contribution in [0.4, 0.5) is 4.39 Å². The number of halogens is 1. The minimum absolute atomic E-state index is 0.0349. The van der Waals surface area contributed by atoms with Crippen molar-refractivity contribution < 1.29 is 12.8 Å². The monoisotopic (exact) mass is 300 g/mol. The van der Waals surface area contributed by atoms with E-state index in [1.165, 1.54) is 22.5 Å². The number of nitrogens with one attached hydrogen (secondary N) is 1. The molecule has 112 valence electrons. The van der Waals surface area contributed by atoms with Crippen molar-refractivity contribution in [1.29, 1.82) is 0 Å². The van der Waals surface area contributed by atoms with E-state index < -0.39 is 15.8 Å². The van der Waals surface area contributed by atoms with Crippen LogP contribution in [0.5, 0.6) is 0 Å². The van der Waals surface area contributed by atoms with Crippen LogP contribution >= 0.6 is 0 Å². The highest BCUT2D eigenvalue weighted by atomic mass is 32.2. The molecule has 2 rings (SSSR count). The molecule has 1 fully saturated rings. The molecule has 1 N–H and O–H groups in total. The maximum Gasteiger partial charge on any atom is 0.243 e. The second kappa shape index (κ2) is 6.20. The number of hydrogen-bond acceptors (Lipinski definition) is 3. The van der Waals surface area contributed by atoms with Crippen molar-refractivity contribution in [2.24, 2.45) is 0 Å². The average molecular weight is 300 g/mol. The van der Waals surface area contributed by atoms with Gasteiger partial charge < -0.3 is 5.32 Å². The van der Waals surface area contributed by atoms with Crippen LogP contribution in [-0.4, -0.2) is 37.9 Å². The highest BCUT2D eigenvalue weighted by Crippen LogP contribution is 2.23. The summed E-state index contributed by atoms with van der Waals surface area (Å²) in [5.74, 6) is -0.527. The van der Waals surface area contributed by atoms with Crippen LogP contribution in [0.3, 0.4) is 0 Å². The Morgan fingerprint density at radius 3 is 2.70 bits per heavy atom. The van der Waals surface area contributed by atoms with Crippen molar-refractivity contribution in [3.8, 4) is 0 Å². The molecule has 1 saturated heterocycles. The minimum atomic E-state index is -3.64. The summed E-state index contributed by atoms with van der Waals surface area (Å²) in [5, 5.41) is 3.35.